The fourth-order valence-electron chi connectivity index (χ4n) is 0.909. The number of benzene rings is 1. The monoisotopic (exact) mass is 346 g/mol. The topological polar surface area (TPSA) is 69.2 Å². The molecule has 0 spiro atoms. The molecule has 84 valence electrons. The molecule has 0 aliphatic rings. The third-order valence-corrected chi connectivity index (χ3v) is 2.71. The molecule has 0 saturated heterocycles. The summed E-state index contributed by atoms with van der Waals surface area (Å²) in [5.74, 6) is -1.95. The molecule has 0 fully saturated rings. The average Bonchev–Trinajstić information content (AvgIpc) is 2.19. The van der Waals surface area contributed by atoms with Crippen LogP contribution >= 0.6 is 31.9 Å². The van der Waals surface area contributed by atoms with E-state index in [0.717, 1.165) is 10.5 Å². The molecule has 0 aromatic heterocycles. The second-order valence-corrected chi connectivity index (χ2v) is 4.54. The Morgan fingerprint density at radius 2 is 1.94 bits per heavy atom. The van der Waals surface area contributed by atoms with Crippen molar-refractivity contribution in [3.63, 3.8) is 0 Å². The molecule has 1 N–H and O–H groups in total. The number of hydrogen-bond donors (Lipinski definition) is 1. The summed E-state index contributed by atoms with van der Waals surface area (Å²) < 4.78 is 1.56. The van der Waals surface area contributed by atoms with Crippen LogP contribution < -0.4 is 10.4 Å². The average molecular weight is 348 g/mol. The smallest absolute Gasteiger partial charge is 0.248 e. The first-order valence-corrected chi connectivity index (χ1v) is 5.73. The van der Waals surface area contributed by atoms with E-state index in [0.29, 0.717) is 16.2 Å². The lowest BCUT2D eigenvalue weighted by molar-refractivity contribution is -0.297. The van der Waals surface area contributed by atoms with Gasteiger partial charge in [-0.2, -0.15) is 0 Å². The van der Waals surface area contributed by atoms with Crippen LogP contribution in [0.3, 0.4) is 0 Å². The summed E-state index contributed by atoms with van der Waals surface area (Å²) in [4.78, 5) is 21.3. The molecule has 0 unspecified atom stereocenters. The maximum atomic E-state index is 11.2. The Bertz CT molecular complexity index is 457. The Morgan fingerprint density at radius 1 is 1.25 bits per heavy atom. The lowest BCUT2D eigenvalue weighted by Gasteiger charge is -2.05. The van der Waals surface area contributed by atoms with E-state index < -0.39 is 11.9 Å². The zero-order chi connectivity index (χ0) is 12.1. The highest BCUT2D eigenvalue weighted by atomic mass is 79.9. The van der Waals surface area contributed by atoms with Crippen molar-refractivity contribution in [3.8, 4) is 0 Å². The van der Waals surface area contributed by atoms with Crippen LogP contribution in [0.2, 0.25) is 0 Å². The minimum absolute atomic E-state index is 0.535. The molecule has 0 radical (unpaired) electrons. The van der Waals surface area contributed by atoms with Gasteiger partial charge in [0, 0.05) is 15.0 Å². The summed E-state index contributed by atoms with van der Waals surface area (Å²) in [6.45, 7) is 0. The van der Waals surface area contributed by atoms with Gasteiger partial charge in [-0.1, -0.05) is 15.9 Å². The number of carboxylic acid groups (broad SMARTS) is 1. The molecule has 0 heterocycles. The standard InChI is InChI=1S/C10H7Br2NO3/c11-6-1-2-8(7(12)5-6)13-9(14)3-4-10(15)16/h1-5H,(H,13,14)(H,15,16)/p-1/b4-3-. The van der Waals surface area contributed by atoms with Gasteiger partial charge in [0.15, 0.2) is 0 Å². The number of amides is 1. The van der Waals surface area contributed by atoms with Crippen molar-refractivity contribution in [2.75, 3.05) is 5.32 Å². The largest absolute Gasteiger partial charge is 0.545 e. The first-order chi connectivity index (χ1) is 7.49. The van der Waals surface area contributed by atoms with Crippen LogP contribution in [0.5, 0.6) is 0 Å². The number of anilines is 1. The van der Waals surface area contributed by atoms with Gasteiger partial charge in [0.25, 0.3) is 0 Å². The van der Waals surface area contributed by atoms with Gasteiger partial charge < -0.3 is 15.2 Å². The highest BCUT2D eigenvalue weighted by molar-refractivity contribution is 9.11. The minimum Gasteiger partial charge on any atom is -0.545 e. The van der Waals surface area contributed by atoms with E-state index in [4.69, 9.17) is 0 Å². The van der Waals surface area contributed by atoms with Crippen molar-refractivity contribution < 1.29 is 14.7 Å². The Hall–Kier alpha value is -1.14. The van der Waals surface area contributed by atoms with Crippen molar-refractivity contribution in [3.05, 3.63) is 39.3 Å². The Morgan fingerprint density at radius 3 is 2.50 bits per heavy atom. The number of hydrogen-bond acceptors (Lipinski definition) is 3. The van der Waals surface area contributed by atoms with Gasteiger partial charge in [-0.05, 0) is 40.2 Å². The summed E-state index contributed by atoms with van der Waals surface area (Å²) in [6.07, 6.45) is 1.56. The highest BCUT2D eigenvalue weighted by Gasteiger charge is 2.02. The predicted octanol–water partition coefficient (Wildman–Crippen LogP) is 1.46. The molecule has 1 aromatic rings. The molecule has 0 saturated carbocycles. The number of nitrogens with one attached hydrogen (secondary N) is 1. The SMILES string of the molecule is O=C([O-])/C=C\C(=O)Nc1ccc(Br)cc1Br. The fourth-order valence-corrected chi connectivity index (χ4v) is 2.06. The third kappa shape index (κ3) is 4.16. The molecular formula is C10H6Br2NO3-. The molecule has 16 heavy (non-hydrogen) atoms. The first kappa shape index (κ1) is 12.9. The second kappa shape index (κ2) is 5.81. The Balaban J connectivity index is 2.73. The first-order valence-electron chi connectivity index (χ1n) is 4.14. The second-order valence-electron chi connectivity index (χ2n) is 2.77. The van der Waals surface area contributed by atoms with Gasteiger partial charge in [0.1, 0.15) is 0 Å². The Labute approximate surface area is 109 Å². The summed E-state index contributed by atoms with van der Waals surface area (Å²) in [5.41, 5.74) is 0.552. The maximum absolute atomic E-state index is 11.2. The van der Waals surface area contributed by atoms with E-state index in [1.165, 1.54) is 0 Å². The van der Waals surface area contributed by atoms with Crippen molar-refractivity contribution in [1.29, 1.82) is 0 Å². The molecule has 1 rings (SSSR count). The van der Waals surface area contributed by atoms with Crippen molar-refractivity contribution in [2.45, 2.75) is 0 Å². The van der Waals surface area contributed by atoms with Crippen LogP contribution in [0, 0.1) is 0 Å². The van der Waals surface area contributed by atoms with Gasteiger partial charge in [0.05, 0.1) is 11.7 Å². The fraction of sp³-hybridized carbons (Fsp3) is 0. The zero-order valence-electron chi connectivity index (χ0n) is 7.87. The van der Waals surface area contributed by atoms with Gasteiger partial charge in [0.2, 0.25) is 5.91 Å². The van der Waals surface area contributed by atoms with Gasteiger partial charge >= 0.3 is 0 Å². The zero-order valence-corrected chi connectivity index (χ0v) is 11.0. The summed E-state index contributed by atoms with van der Waals surface area (Å²) in [6, 6.07) is 5.19. The molecule has 6 heteroatoms. The number of carboxylic acids is 1. The summed E-state index contributed by atoms with van der Waals surface area (Å²) in [5, 5.41) is 12.6. The minimum atomic E-state index is -1.41. The van der Waals surface area contributed by atoms with Crippen LogP contribution in [0.1, 0.15) is 0 Å². The lowest BCUT2D eigenvalue weighted by atomic mass is 10.3. The van der Waals surface area contributed by atoms with Crippen LogP contribution in [0.25, 0.3) is 0 Å². The van der Waals surface area contributed by atoms with Crippen molar-refractivity contribution in [2.24, 2.45) is 0 Å². The van der Waals surface area contributed by atoms with Crippen LogP contribution in [-0.4, -0.2) is 11.9 Å². The van der Waals surface area contributed by atoms with E-state index in [1.807, 2.05) is 0 Å². The van der Waals surface area contributed by atoms with E-state index in [9.17, 15) is 14.7 Å². The summed E-state index contributed by atoms with van der Waals surface area (Å²) >= 11 is 6.53. The molecular weight excluding hydrogens is 342 g/mol. The predicted molar refractivity (Wildman–Crippen MR) is 64.6 cm³/mol. The molecule has 0 atom stereocenters. The van der Waals surface area contributed by atoms with E-state index >= 15 is 0 Å². The van der Waals surface area contributed by atoms with E-state index in [-0.39, 0.29) is 0 Å². The number of rotatable bonds is 3. The van der Waals surface area contributed by atoms with E-state index in [2.05, 4.69) is 37.2 Å². The van der Waals surface area contributed by atoms with Crippen molar-refractivity contribution in [1.82, 2.24) is 0 Å². The van der Waals surface area contributed by atoms with Gasteiger partial charge in [-0.25, -0.2) is 0 Å². The molecule has 0 bridgehead atoms. The van der Waals surface area contributed by atoms with Crippen LogP contribution in [0.15, 0.2) is 39.3 Å². The van der Waals surface area contributed by atoms with Crippen LogP contribution in [0.4, 0.5) is 5.69 Å². The van der Waals surface area contributed by atoms with E-state index in [1.54, 1.807) is 18.2 Å². The highest BCUT2D eigenvalue weighted by Crippen LogP contribution is 2.25. The summed E-state index contributed by atoms with van der Waals surface area (Å²) in [7, 11) is 0. The number of carbonyl (C=O) groups excluding carboxylic acids is 2. The maximum Gasteiger partial charge on any atom is 0.248 e. The molecule has 4 nitrogen and oxygen atoms in total. The lowest BCUT2D eigenvalue weighted by Crippen LogP contribution is -2.20. The molecule has 0 aliphatic carbocycles. The number of halogens is 2. The third-order valence-electron chi connectivity index (χ3n) is 1.56. The normalized spacial score (nSPS) is 10.4. The van der Waals surface area contributed by atoms with Gasteiger partial charge in [-0.15, -0.1) is 0 Å². The number of carbonyl (C=O) groups is 2. The number of aliphatic carboxylic acids is 1. The van der Waals surface area contributed by atoms with Crippen molar-refractivity contribution >= 4 is 49.4 Å². The molecule has 0 aliphatic heterocycles. The molecule has 1 amide bonds. The molecule has 1 aromatic carbocycles. The quantitative estimate of drug-likeness (QED) is 0.841. The Kier molecular flexibility index (Phi) is 4.70. The van der Waals surface area contributed by atoms with Gasteiger partial charge in [-0.3, -0.25) is 4.79 Å². The van der Waals surface area contributed by atoms with Crippen LogP contribution in [-0.2, 0) is 9.59 Å².